The predicted molar refractivity (Wildman–Crippen MR) is 137 cm³/mol. The van der Waals surface area contributed by atoms with E-state index in [1.54, 1.807) is 30.0 Å². The average molecular weight is 602 g/mol. The van der Waals surface area contributed by atoms with E-state index >= 15 is 0 Å². The molecule has 1 heterocycles. The molecule has 194 valence electrons. The second kappa shape index (κ2) is 11.2. The van der Waals surface area contributed by atoms with Crippen LogP contribution in [0.3, 0.4) is 0 Å². The normalized spacial score (nSPS) is 14.2. The lowest BCUT2D eigenvalue weighted by Gasteiger charge is -2.32. The van der Waals surface area contributed by atoms with Gasteiger partial charge in [-0.3, -0.25) is 14.3 Å². The van der Waals surface area contributed by atoms with Gasteiger partial charge in [-0.1, -0.05) is 28.1 Å². The van der Waals surface area contributed by atoms with Gasteiger partial charge in [-0.2, -0.15) is 18.0 Å². The molecule has 0 saturated carbocycles. The van der Waals surface area contributed by atoms with Crippen molar-refractivity contribution >= 4 is 47.4 Å². The molecular weight excluding hydrogens is 576 g/mol. The van der Waals surface area contributed by atoms with Crippen LogP contribution >= 0.6 is 15.9 Å². The smallest absolute Gasteiger partial charge is 0.271 e. The number of nitro groups is 1. The van der Waals surface area contributed by atoms with E-state index in [4.69, 9.17) is 4.18 Å². The molecule has 0 saturated heterocycles. The maximum atomic E-state index is 13.9. The number of nitrogens with zero attached hydrogens (tertiary/aromatic N) is 4. The third-order valence-electron chi connectivity index (χ3n) is 5.76. The van der Waals surface area contributed by atoms with Gasteiger partial charge in [0, 0.05) is 43.6 Å². The van der Waals surface area contributed by atoms with Crippen LogP contribution in [0.5, 0.6) is 0 Å². The molecule has 0 bridgehead atoms. The number of non-ortho nitro benzene ring substituents is 1. The molecule has 1 aliphatic heterocycles. The van der Waals surface area contributed by atoms with Crippen molar-refractivity contribution in [3.8, 4) is 6.07 Å². The Morgan fingerprint density at radius 3 is 2.58 bits per heavy atom. The maximum Gasteiger partial charge on any atom is 0.271 e. The van der Waals surface area contributed by atoms with E-state index in [1.165, 1.54) is 10.4 Å². The third kappa shape index (κ3) is 6.22. The van der Waals surface area contributed by atoms with Gasteiger partial charge in [-0.25, -0.2) is 8.42 Å². The summed E-state index contributed by atoms with van der Waals surface area (Å²) in [6, 6.07) is 9.59. The number of hydrogen-bond donors (Lipinski definition) is 0. The van der Waals surface area contributed by atoms with Crippen LogP contribution in [0.25, 0.3) is 0 Å². The number of anilines is 1. The number of aryl methyl sites for hydroxylation is 1. The molecule has 36 heavy (non-hydrogen) atoms. The molecule has 11 nitrogen and oxygen atoms in total. The molecule has 0 aliphatic carbocycles. The molecule has 0 spiro atoms. The Hall–Kier alpha value is -2.57. The van der Waals surface area contributed by atoms with Gasteiger partial charge in [-0.15, -0.1) is 0 Å². The highest BCUT2D eigenvalue weighted by Crippen LogP contribution is 2.37. The van der Waals surface area contributed by atoms with Gasteiger partial charge in [0.1, 0.15) is 4.90 Å². The number of alkyl halides is 1. The summed E-state index contributed by atoms with van der Waals surface area (Å²) in [6.45, 7) is 1.80. The molecule has 0 amide bonds. The van der Waals surface area contributed by atoms with Crippen LogP contribution in [0, 0.1) is 28.4 Å². The molecule has 1 aliphatic rings. The van der Waals surface area contributed by atoms with Crippen LogP contribution < -0.4 is 4.90 Å². The first-order valence-corrected chi connectivity index (χ1v) is 15.2. The minimum absolute atomic E-state index is 0.0179. The summed E-state index contributed by atoms with van der Waals surface area (Å²) in [6.07, 6.45) is 1.25. The summed E-state index contributed by atoms with van der Waals surface area (Å²) in [5, 5.41) is 21.4. The molecular formula is C22H25BrN4O7S2. The molecule has 14 heteroatoms. The van der Waals surface area contributed by atoms with Crippen molar-refractivity contribution in [2.45, 2.75) is 24.8 Å². The Morgan fingerprint density at radius 1 is 1.25 bits per heavy atom. The zero-order valence-electron chi connectivity index (χ0n) is 19.7. The van der Waals surface area contributed by atoms with Gasteiger partial charge in [0.2, 0.25) is 10.0 Å². The summed E-state index contributed by atoms with van der Waals surface area (Å²) in [4.78, 5) is 12.3. The van der Waals surface area contributed by atoms with Gasteiger partial charge in [0.25, 0.3) is 15.8 Å². The lowest BCUT2D eigenvalue weighted by atomic mass is 9.96. The minimum atomic E-state index is -4.22. The Morgan fingerprint density at radius 2 is 1.97 bits per heavy atom. The van der Waals surface area contributed by atoms with Crippen molar-refractivity contribution in [1.29, 1.82) is 5.26 Å². The van der Waals surface area contributed by atoms with Crippen molar-refractivity contribution in [3.63, 3.8) is 0 Å². The second-order valence-electron chi connectivity index (χ2n) is 8.21. The van der Waals surface area contributed by atoms with Crippen molar-refractivity contribution < 1.29 is 25.9 Å². The van der Waals surface area contributed by atoms with Crippen molar-refractivity contribution in [2.24, 2.45) is 0 Å². The van der Waals surface area contributed by atoms with Gasteiger partial charge >= 0.3 is 0 Å². The number of nitriles is 1. The van der Waals surface area contributed by atoms with Crippen LogP contribution in [0.1, 0.15) is 22.3 Å². The highest BCUT2D eigenvalue weighted by molar-refractivity contribution is 9.09. The summed E-state index contributed by atoms with van der Waals surface area (Å²) < 4.78 is 56.8. The Bertz CT molecular complexity index is 1420. The van der Waals surface area contributed by atoms with E-state index in [-0.39, 0.29) is 42.5 Å². The molecule has 0 radical (unpaired) electrons. The van der Waals surface area contributed by atoms with E-state index in [2.05, 4.69) is 22.0 Å². The number of benzene rings is 2. The Balaban J connectivity index is 2.09. The van der Waals surface area contributed by atoms with Gasteiger partial charge in [-0.05, 0) is 36.1 Å². The monoisotopic (exact) mass is 600 g/mol. The molecule has 3 rings (SSSR count). The Kier molecular flexibility index (Phi) is 8.73. The molecule has 2 aromatic rings. The quantitative estimate of drug-likeness (QED) is 0.173. The van der Waals surface area contributed by atoms with E-state index in [9.17, 15) is 32.2 Å². The highest BCUT2D eigenvalue weighted by Gasteiger charge is 2.34. The number of rotatable bonds is 10. The van der Waals surface area contributed by atoms with E-state index < -0.39 is 25.1 Å². The summed E-state index contributed by atoms with van der Waals surface area (Å²) in [5.41, 5.74) is 2.21. The topological polar surface area (TPSA) is 151 Å². The molecule has 0 unspecified atom stereocenters. The SMILES string of the molecule is Cc1cc([N+](=O)[O-])cc(S(=O)(=O)N2CCc3c(C#N)cccc3C2)c1N(CCBr)CCOS(C)(=O)=O. The molecule has 2 aromatic carbocycles. The lowest BCUT2D eigenvalue weighted by molar-refractivity contribution is -0.385. The van der Waals surface area contributed by atoms with E-state index in [0.717, 1.165) is 17.9 Å². The van der Waals surface area contributed by atoms with Crippen LogP contribution in [-0.4, -0.2) is 63.9 Å². The first-order chi connectivity index (χ1) is 16.9. The summed E-state index contributed by atoms with van der Waals surface area (Å²) in [7, 11) is -7.93. The fraction of sp³-hybridized carbons (Fsp3) is 0.409. The van der Waals surface area contributed by atoms with Crippen molar-refractivity contribution in [2.75, 3.05) is 42.7 Å². The fourth-order valence-electron chi connectivity index (χ4n) is 4.20. The first kappa shape index (κ1) is 28.0. The summed E-state index contributed by atoms with van der Waals surface area (Å²) >= 11 is 3.33. The summed E-state index contributed by atoms with van der Waals surface area (Å²) in [5.74, 6) is 0. The van der Waals surface area contributed by atoms with Gasteiger partial charge in [0.05, 0.1) is 35.1 Å². The van der Waals surface area contributed by atoms with Crippen LogP contribution in [0.15, 0.2) is 35.2 Å². The molecule has 0 N–H and O–H groups in total. The van der Waals surface area contributed by atoms with Crippen LogP contribution in [0.4, 0.5) is 11.4 Å². The largest absolute Gasteiger partial charge is 0.367 e. The maximum absolute atomic E-state index is 13.9. The van der Waals surface area contributed by atoms with Gasteiger partial charge < -0.3 is 4.90 Å². The second-order valence-corrected chi connectivity index (χ2v) is 12.6. The Labute approximate surface area is 218 Å². The number of sulfonamides is 1. The van der Waals surface area contributed by atoms with Crippen molar-refractivity contribution in [1.82, 2.24) is 4.31 Å². The third-order valence-corrected chi connectivity index (χ3v) is 8.57. The highest BCUT2D eigenvalue weighted by atomic mass is 79.9. The number of nitro benzene ring substituents is 1. The molecule has 0 aromatic heterocycles. The molecule has 0 atom stereocenters. The van der Waals surface area contributed by atoms with E-state index in [0.29, 0.717) is 35.0 Å². The predicted octanol–water partition coefficient (Wildman–Crippen LogP) is 2.70. The van der Waals surface area contributed by atoms with E-state index in [1.807, 2.05) is 0 Å². The first-order valence-electron chi connectivity index (χ1n) is 10.8. The van der Waals surface area contributed by atoms with Crippen molar-refractivity contribution in [3.05, 3.63) is 62.7 Å². The van der Waals surface area contributed by atoms with Gasteiger partial charge in [0.15, 0.2) is 0 Å². The van der Waals surface area contributed by atoms with Crippen LogP contribution in [0.2, 0.25) is 0 Å². The number of hydrogen-bond acceptors (Lipinski definition) is 9. The zero-order valence-corrected chi connectivity index (χ0v) is 22.9. The zero-order chi connectivity index (χ0) is 26.7. The number of halogens is 1. The minimum Gasteiger partial charge on any atom is -0.367 e. The standard InChI is InChI=1S/C22H25BrN4O7S2/c1-16-12-19(27(28)29)13-21(22(16)25(9-7-23)10-11-34-35(2,30)31)36(32,33)26-8-6-20-17(14-24)4-3-5-18(20)15-26/h3-5,12-13H,6-11,15H2,1-2H3. The lowest BCUT2D eigenvalue weighted by Crippen LogP contribution is -2.38. The fourth-order valence-corrected chi connectivity index (χ4v) is 6.73. The number of fused-ring (bicyclic) bond motifs is 1. The average Bonchev–Trinajstić information content (AvgIpc) is 2.81. The van der Waals surface area contributed by atoms with Crippen LogP contribution in [-0.2, 0) is 37.3 Å². The molecule has 0 fully saturated rings.